The molecule has 25 heavy (non-hydrogen) atoms. The summed E-state index contributed by atoms with van der Waals surface area (Å²) in [6, 6.07) is 7.65. The van der Waals surface area contributed by atoms with Crippen LogP contribution in [0.2, 0.25) is 0 Å². The summed E-state index contributed by atoms with van der Waals surface area (Å²) in [5.41, 5.74) is 1.89. The van der Waals surface area contributed by atoms with Gasteiger partial charge in [-0.15, -0.1) is 0 Å². The van der Waals surface area contributed by atoms with Gasteiger partial charge in [-0.1, -0.05) is 32.9 Å². The quantitative estimate of drug-likeness (QED) is 0.710. The van der Waals surface area contributed by atoms with Crippen LogP contribution in [-0.4, -0.2) is 38.0 Å². The molecule has 0 spiro atoms. The van der Waals surface area contributed by atoms with Crippen molar-refractivity contribution >= 4 is 11.8 Å². The van der Waals surface area contributed by atoms with Gasteiger partial charge in [-0.3, -0.25) is 9.59 Å². The lowest BCUT2D eigenvalue weighted by atomic mass is 9.87. The van der Waals surface area contributed by atoms with Crippen LogP contribution >= 0.6 is 0 Å². The first-order valence-corrected chi connectivity index (χ1v) is 9.22. The second kappa shape index (κ2) is 8.99. The van der Waals surface area contributed by atoms with E-state index in [4.69, 9.17) is 0 Å². The number of rotatable bonds is 7. The molecular weight excluding hydrogens is 314 g/mol. The van der Waals surface area contributed by atoms with Crippen LogP contribution < -0.4 is 16.0 Å². The number of nitrogens with one attached hydrogen (secondary N) is 3. The molecular formula is C20H31N3O2. The highest BCUT2D eigenvalue weighted by Crippen LogP contribution is 2.22. The monoisotopic (exact) mass is 345 g/mol. The first-order chi connectivity index (χ1) is 11.9. The summed E-state index contributed by atoms with van der Waals surface area (Å²) >= 11 is 0. The third kappa shape index (κ3) is 6.50. The molecule has 1 heterocycles. The van der Waals surface area contributed by atoms with Crippen molar-refractivity contribution in [1.82, 2.24) is 16.0 Å². The minimum absolute atomic E-state index is 0.00524. The van der Waals surface area contributed by atoms with Crippen molar-refractivity contribution in [3.63, 3.8) is 0 Å². The van der Waals surface area contributed by atoms with Crippen molar-refractivity contribution in [3.8, 4) is 0 Å². The molecule has 1 aromatic rings. The average molecular weight is 345 g/mol. The maximum Gasteiger partial charge on any atom is 0.251 e. The maximum absolute atomic E-state index is 12.1. The van der Waals surface area contributed by atoms with Crippen LogP contribution in [0.1, 0.15) is 56.0 Å². The Kier molecular flexibility index (Phi) is 7.00. The van der Waals surface area contributed by atoms with Gasteiger partial charge < -0.3 is 16.0 Å². The number of amides is 2. The topological polar surface area (TPSA) is 70.2 Å². The third-order valence-corrected chi connectivity index (χ3v) is 4.69. The van der Waals surface area contributed by atoms with Crippen LogP contribution in [0, 0.1) is 5.92 Å². The van der Waals surface area contributed by atoms with E-state index in [0.717, 1.165) is 19.5 Å². The summed E-state index contributed by atoms with van der Waals surface area (Å²) in [6.07, 6.45) is 2.53. The summed E-state index contributed by atoms with van der Waals surface area (Å²) < 4.78 is 0. The molecule has 1 aliphatic rings. The normalized spacial score (nSPS) is 17.3. The van der Waals surface area contributed by atoms with Crippen molar-refractivity contribution in [2.24, 2.45) is 5.92 Å². The molecule has 0 aliphatic carbocycles. The van der Waals surface area contributed by atoms with Crippen molar-refractivity contribution in [2.75, 3.05) is 26.2 Å². The highest BCUT2D eigenvalue weighted by atomic mass is 16.2. The summed E-state index contributed by atoms with van der Waals surface area (Å²) in [5.74, 6) is 0.538. The first-order valence-electron chi connectivity index (χ1n) is 9.22. The van der Waals surface area contributed by atoms with Gasteiger partial charge in [0.2, 0.25) is 5.91 Å². The summed E-state index contributed by atoms with van der Waals surface area (Å²) in [7, 11) is 0. The minimum Gasteiger partial charge on any atom is -0.356 e. The van der Waals surface area contributed by atoms with Gasteiger partial charge in [0.05, 0.1) is 0 Å². The molecule has 5 heteroatoms. The van der Waals surface area contributed by atoms with E-state index in [1.54, 1.807) is 0 Å². The Bertz CT molecular complexity index is 570. The van der Waals surface area contributed by atoms with E-state index >= 15 is 0 Å². The van der Waals surface area contributed by atoms with E-state index in [1.807, 2.05) is 24.3 Å². The fourth-order valence-corrected chi connectivity index (χ4v) is 2.98. The fraction of sp³-hybridized carbons (Fsp3) is 0.600. The van der Waals surface area contributed by atoms with E-state index in [1.165, 1.54) is 12.0 Å². The Morgan fingerprint density at radius 3 is 2.44 bits per heavy atom. The standard InChI is InChI=1S/C20H31N3O2/c1-20(2,3)17-6-4-16(5-7-17)19(25)23-13-10-18(24)22-12-9-15-8-11-21-14-15/h4-7,15,21H,8-14H2,1-3H3,(H,22,24)(H,23,25). The lowest BCUT2D eigenvalue weighted by Gasteiger charge is -2.19. The number of carbonyl (C=O) groups is 2. The van der Waals surface area contributed by atoms with Crippen LogP contribution in [0.4, 0.5) is 0 Å². The van der Waals surface area contributed by atoms with Gasteiger partial charge in [0, 0.05) is 25.1 Å². The fourth-order valence-electron chi connectivity index (χ4n) is 2.98. The van der Waals surface area contributed by atoms with Crippen molar-refractivity contribution in [2.45, 2.75) is 45.4 Å². The second-order valence-electron chi connectivity index (χ2n) is 7.83. The van der Waals surface area contributed by atoms with Crippen LogP contribution in [0.3, 0.4) is 0 Å². The zero-order valence-electron chi connectivity index (χ0n) is 15.7. The highest BCUT2D eigenvalue weighted by molar-refractivity contribution is 5.94. The van der Waals surface area contributed by atoms with Gasteiger partial charge in [-0.05, 0) is 55.0 Å². The highest BCUT2D eigenvalue weighted by Gasteiger charge is 2.15. The average Bonchev–Trinajstić information content (AvgIpc) is 3.07. The van der Waals surface area contributed by atoms with Gasteiger partial charge in [0.25, 0.3) is 5.91 Å². The van der Waals surface area contributed by atoms with E-state index in [2.05, 4.69) is 36.7 Å². The van der Waals surface area contributed by atoms with Crippen molar-refractivity contribution in [1.29, 1.82) is 0 Å². The van der Waals surface area contributed by atoms with E-state index < -0.39 is 0 Å². The summed E-state index contributed by atoms with van der Waals surface area (Å²) in [6.45, 7) is 9.64. The third-order valence-electron chi connectivity index (χ3n) is 4.69. The molecule has 3 N–H and O–H groups in total. The van der Waals surface area contributed by atoms with Crippen LogP contribution in [0.5, 0.6) is 0 Å². The molecule has 2 rings (SSSR count). The Balaban J connectivity index is 1.64. The lowest BCUT2D eigenvalue weighted by molar-refractivity contribution is -0.120. The Hall–Kier alpha value is -1.88. The van der Waals surface area contributed by atoms with Crippen molar-refractivity contribution < 1.29 is 9.59 Å². The van der Waals surface area contributed by atoms with Gasteiger partial charge in [-0.25, -0.2) is 0 Å². The van der Waals surface area contributed by atoms with Gasteiger partial charge in [0.1, 0.15) is 0 Å². The smallest absolute Gasteiger partial charge is 0.251 e. The zero-order valence-corrected chi connectivity index (χ0v) is 15.7. The molecule has 2 amide bonds. The molecule has 0 bridgehead atoms. The van der Waals surface area contributed by atoms with Crippen LogP contribution in [-0.2, 0) is 10.2 Å². The molecule has 1 saturated heterocycles. The Labute approximate surface area is 151 Å². The molecule has 1 fully saturated rings. The first kappa shape index (κ1) is 19.4. The van der Waals surface area contributed by atoms with Gasteiger partial charge >= 0.3 is 0 Å². The molecule has 0 aromatic heterocycles. The molecule has 5 nitrogen and oxygen atoms in total. The van der Waals surface area contributed by atoms with Gasteiger partial charge in [0.15, 0.2) is 0 Å². The predicted octanol–water partition coefficient (Wildman–Crippen LogP) is 2.22. The number of benzene rings is 1. The van der Waals surface area contributed by atoms with E-state index in [0.29, 0.717) is 31.0 Å². The van der Waals surface area contributed by atoms with E-state index in [9.17, 15) is 9.59 Å². The molecule has 1 unspecified atom stereocenters. The molecule has 1 atom stereocenters. The minimum atomic E-state index is -0.134. The van der Waals surface area contributed by atoms with E-state index in [-0.39, 0.29) is 17.2 Å². The lowest BCUT2D eigenvalue weighted by Crippen LogP contribution is -2.31. The second-order valence-corrected chi connectivity index (χ2v) is 7.83. The summed E-state index contributed by atoms with van der Waals surface area (Å²) in [5, 5.41) is 9.06. The molecule has 138 valence electrons. The molecule has 0 saturated carbocycles. The Morgan fingerprint density at radius 2 is 1.84 bits per heavy atom. The molecule has 1 aliphatic heterocycles. The largest absolute Gasteiger partial charge is 0.356 e. The number of hydrogen-bond acceptors (Lipinski definition) is 3. The van der Waals surface area contributed by atoms with Crippen LogP contribution in [0.15, 0.2) is 24.3 Å². The number of carbonyl (C=O) groups excluding carboxylic acids is 2. The SMILES string of the molecule is CC(C)(C)c1ccc(C(=O)NCCC(=O)NCCC2CCNC2)cc1. The van der Waals surface area contributed by atoms with Crippen molar-refractivity contribution in [3.05, 3.63) is 35.4 Å². The molecule has 0 radical (unpaired) electrons. The predicted molar refractivity (Wildman–Crippen MR) is 101 cm³/mol. The zero-order chi connectivity index (χ0) is 18.3. The summed E-state index contributed by atoms with van der Waals surface area (Å²) in [4.78, 5) is 23.9. The maximum atomic E-state index is 12.1. The molecule has 1 aromatic carbocycles. The number of hydrogen-bond donors (Lipinski definition) is 3. The van der Waals surface area contributed by atoms with Gasteiger partial charge in [-0.2, -0.15) is 0 Å². The Morgan fingerprint density at radius 1 is 1.12 bits per heavy atom. The van der Waals surface area contributed by atoms with Crippen LogP contribution in [0.25, 0.3) is 0 Å².